The largest absolute Gasteiger partial charge is 0.338 e. The molecule has 0 bridgehead atoms. The van der Waals surface area contributed by atoms with Gasteiger partial charge in [-0.25, -0.2) is 0 Å². The Hall–Kier alpha value is -1.75. The molecule has 0 saturated carbocycles. The molecule has 1 unspecified atom stereocenters. The van der Waals surface area contributed by atoms with Crippen molar-refractivity contribution in [3.8, 4) is 0 Å². The van der Waals surface area contributed by atoms with Gasteiger partial charge in [-0.2, -0.15) is 0 Å². The summed E-state index contributed by atoms with van der Waals surface area (Å²) in [6, 6.07) is 9.49. The second kappa shape index (κ2) is 8.51. The average molecular weight is 426 g/mol. The normalized spacial score (nSPS) is 16.9. The van der Waals surface area contributed by atoms with Crippen LogP contribution in [0, 0.1) is 5.92 Å². The lowest BCUT2D eigenvalue weighted by Crippen LogP contribution is -2.39. The Kier molecular flexibility index (Phi) is 6.30. The zero-order valence-corrected chi connectivity index (χ0v) is 17.0. The molecule has 1 fully saturated rings. The predicted octanol–water partition coefficient (Wildman–Crippen LogP) is 5.77. The summed E-state index contributed by atoms with van der Waals surface area (Å²) in [5, 5.41) is 3.89. The molecule has 1 atom stereocenters. The first-order chi connectivity index (χ1) is 12.8. The molecule has 27 heavy (non-hydrogen) atoms. The lowest BCUT2D eigenvalue weighted by Gasteiger charge is -2.31. The first-order valence-electron chi connectivity index (χ1n) is 8.70. The Morgan fingerprint density at radius 2 is 1.74 bits per heavy atom. The number of rotatable bonds is 3. The summed E-state index contributed by atoms with van der Waals surface area (Å²) in [6.45, 7) is 3.52. The Balaban J connectivity index is 1.87. The summed E-state index contributed by atoms with van der Waals surface area (Å²) in [5.74, 6) is -0.102. The van der Waals surface area contributed by atoms with Gasteiger partial charge in [0.05, 0.1) is 21.8 Å². The van der Waals surface area contributed by atoms with E-state index in [-0.39, 0.29) is 16.5 Å². The van der Waals surface area contributed by atoms with E-state index in [4.69, 9.17) is 34.8 Å². The average Bonchev–Trinajstić information content (AvgIpc) is 2.62. The van der Waals surface area contributed by atoms with Crippen LogP contribution in [-0.2, 0) is 0 Å². The van der Waals surface area contributed by atoms with Crippen molar-refractivity contribution >= 4 is 52.3 Å². The molecular weight excluding hydrogens is 407 g/mol. The van der Waals surface area contributed by atoms with E-state index < -0.39 is 5.91 Å². The maximum atomic E-state index is 13.0. The van der Waals surface area contributed by atoms with Crippen LogP contribution in [0.1, 0.15) is 40.5 Å². The summed E-state index contributed by atoms with van der Waals surface area (Å²) in [5.41, 5.74) is 1.05. The van der Waals surface area contributed by atoms with Gasteiger partial charge in [0.15, 0.2) is 0 Å². The number of nitrogens with one attached hydrogen (secondary N) is 1. The minimum Gasteiger partial charge on any atom is -0.338 e. The first-order valence-corrected chi connectivity index (χ1v) is 9.84. The number of likely N-dealkylation sites (tertiary alicyclic amines) is 1. The molecule has 1 saturated heterocycles. The Morgan fingerprint density at radius 3 is 2.44 bits per heavy atom. The van der Waals surface area contributed by atoms with Gasteiger partial charge in [-0.15, -0.1) is 0 Å². The molecule has 0 aromatic heterocycles. The van der Waals surface area contributed by atoms with Gasteiger partial charge in [-0.3, -0.25) is 9.59 Å². The lowest BCUT2D eigenvalue weighted by molar-refractivity contribution is 0.0684. The Bertz CT molecular complexity index is 886. The predicted molar refractivity (Wildman–Crippen MR) is 110 cm³/mol. The molecule has 0 aliphatic carbocycles. The molecule has 1 heterocycles. The number of hydrogen-bond acceptors (Lipinski definition) is 2. The second-order valence-electron chi connectivity index (χ2n) is 6.77. The van der Waals surface area contributed by atoms with E-state index in [1.54, 1.807) is 30.3 Å². The molecule has 4 nitrogen and oxygen atoms in total. The van der Waals surface area contributed by atoms with Gasteiger partial charge < -0.3 is 10.2 Å². The van der Waals surface area contributed by atoms with Gasteiger partial charge in [-0.05, 0) is 55.2 Å². The zero-order valence-electron chi connectivity index (χ0n) is 14.8. The number of carbonyl (C=O) groups excluding carboxylic acids is 2. The molecule has 1 N–H and O–H groups in total. The molecule has 2 aromatic carbocycles. The molecule has 2 aromatic rings. The maximum Gasteiger partial charge on any atom is 0.257 e. The molecule has 0 radical (unpaired) electrons. The van der Waals surface area contributed by atoms with E-state index in [2.05, 4.69) is 12.2 Å². The van der Waals surface area contributed by atoms with Crippen molar-refractivity contribution < 1.29 is 9.59 Å². The van der Waals surface area contributed by atoms with Gasteiger partial charge in [-0.1, -0.05) is 41.7 Å². The molecule has 142 valence electrons. The van der Waals surface area contributed by atoms with Gasteiger partial charge in [0.25, 0.3) is 11.8 Å². The number of benzene rings is 2. The fraction of sp³-hybridized carbons (Fsp3) is 0.300. The highest BCUT2D eigenvalue weighted by Crippen LogP contribution is 2.27. The minimum atomic E-state index is -0.417. The summed E-state index contributed by atoms with van der Waals surface area (Å²) in [6.07, 6.45) is 2.08. The monoisotopic (exact) mass is 424 g/mol. The fourth-order valence-electron chi connectivity index (χ4n) is 3.21. The Morgan fingerprint density at radius 1 is 1.04 bits per heavy atom. The summed E-state index contributed by atoms with van der Waals surface area (Å²) in [4.78, 5) is 27.5. The smallest absolute Gasteiger partial charge is 0.257 e. The SMILES string of the molecule is CC1CCCN(C(=O)c2cc(Cl)ccc2NC(=O)c2ccc(Cl)cc2Cl)C1. The molecule has 3 rings (SSSR count). The number of piperidine rings is 1. The van der Waals surface area contributed by atoms with Crippen molar-refractivity contribution in [2.75, 3.05) is 18.4 Å². The number of nitrogens with zero attached hydrogens (tertiary/aromatic N) is 1. The lowest BCUT2D eigenvalue weighted by atomic mass is 9.99. The van der Waals surface area contributed by atoms with Gasteiger partial charge in [0.2, 0.25) is 0 Å². The van der Waals surface area contributed by atoms with Crippen molar-refractivity contribution in [1.82, 2.24) is 4.90 Å². The molecule has 7 heteroatoms. The fourth-order valence-corrected chi connectivity index (χ4v) is 3.88. The highest BCUT2D eigenvalue weighted by Gasteiger charge is 2.25. The molecule has 1 aliphatic rings. The van der Waals surface area contributed by atoms with E-state index >= 15 is 0 Å². The van der Waals surface area contributed by atoms with Crippen LogP contribution in [0.15, 0.2) is 36.4 Å². The maximum absolute atomic E-state index is 13.0. The van der Waals surface area contributed by atoms with Crippen LogP contribution < -0.4 is 5.32 Å². The van der Waals surface area contributed by atoms with Gasteiger partial charge in [0, 0.05) is 23.1 Å². The van der Waals surface area contributed by atoms with Crippen LogP contribution in [0.3, 0.4) is 0 Å². The van der Waals surface area contributed by atoms with Crippen LogP contribution in [0.2, 0.25) is 15.1 Å². The van der Waals surface area contributed by atoms with Crippen LogP contribution in [0.25, 0.3) is 0 Å². The highest BCUT2D eigenvalue weighted by molar-refractivity contribution is 6.37. The van der Waals surface area contributed by atoms with E-state index in [9.17, 15) is 9.59 Å². The van der Waals surface area contributed by atoms with Crippen molar-refractivity contribution in [2.24, 2.45) is 5.92 Å². The highest BCUT2D eigenvalue weighted by atomic mass is 35.5. The molecule has 0 spiro atoms. The second-order valence-corrected chi connectivity index (χ2v) is 8.05. The van der Waals surface area contributed by atoms with Crippen LogP contribution in [-0.4, -0.2) is 29.8 Å². The number of hydrogen-bond donors (Lipinski definition) is 1. The van der Waals surface area contributed by atoms with Crippen molar-refractivity contribution in [3.05, 3.63) is 62.6 Å². The van der Waals surface area contributed by atoms with Crippen LogP contribution >= 0.6 is 34.8 Å². The number of anilines is 1. The Labute approximate surface area is 173 Å². The van der Waals surface area contributed by atoms with Crippen molar-refractivity contribution in [1.29, 1.82) is 0 Å². The number of halogens is 3. The third-order valence-corrected chi connectivity index (χ3v) is 5.36. The van der Waals surface area contributed by atoms with E-state index in [0.29, 0.717) is 40.3 Å². The van der Waals surface area contributed by atoms with Crippen molar-refractivity contribution in [3.63, 3.8) is 0 Å². The van der Waals surface area contributed by atoms with E-state index in [1.165, 1.54) is 6.07 Å². The van der Waals surface area contributed by atoms with Gasteiger partial charge in [0.1, 0.15) is 0 Å². The van der Waals surface area contributed by atoms with Crippen LogP contribution in [0.5, 0.6) is 0 Å². The topological polar surface area (TPSA) is 49.4 Å². The summed E-state index contributed by atoms with van der Waals surface area (Å²) < 4.78 is 0. The van der Waals surface area contributed by atoms with Gasteiger partial charge >= 0.3 is 0 Å². The quantitative estimate of drug-likeness (QED) is 0.678. The standard InChI is InChI=1S/C20H19Cl3N2O2/c1-12-3-2-8-25(11-12)20(27)16-9-13(21)5-7-18(16)24-19(26)15-6-4-14(22)10-17(15)23/h4-7,9-10,12H,2-3,8,11H2,1H3,(H,24,26). The minimum absolute atomic E-state index is 0.137. The van der Waals surface area contributed by atoms with E-state index in [1.807, 2.05) is 4.90 Å². The number of amides is 2. The van der Waals surface area contributed by atoms with Crippen molar-refractivity contribution in [2.45, 2.75) is 19.8 Å². The molecule has 1 aliphatic heterocycles. The zero-order chi connectivity index (χ0) is 19.6. The summed E-state index contributed by atoms with van der Waals surface area (Å²) in [7, 11) is 0. The summed E-state index contributed by atoms with van der Waals surface area (Å²) >= 11 is 18.1. The van der Waals surface area contributed by atoms with E-state index in [0.717, 1.165) is 12.8 Å². The third-order valence-electron chi connectivity index (χ3n) is 4.58. The molecule has 2 amide bonds. The third kappa shape index (κ3) is 4.75. The number of carbonyl (C=O) groups is 2. The first kappa shape index (κ1) is 20.0. The van der Waals surface area contributed by atoms with Crippen LogP contribution in [0.4, 0.5) is 5.69 Å². The molecular formula is C20H19Cl3N2O2.